The molecule has 0 saturated carbocycles. The van der Waals surface area contributed by atoms with Crippen molar-refractivity contribution in [3.8, 4) is 0 Å². The molecule has 0 amide bonds. The molecule has 0 unspecified atom stereocenters. The van der Waals surface area contributed by atoms with Crippen LogP contribution in [0.3, 0.4) is 0 Å². The van der Waals surface area contributed by atoms with Crippen molar-refractivity contribution in [1.29, 1.82) is 0 Å². The standard InChI is InChI=1S/C16H22O4/c1-11-12(15(2,10-17)7-5-13(11)18)4-8-16(3)9-6-14(19)20-16/h4,8,17H,5-7,9-10H2,1-3H3/b8-4+/t15-,16-/m0/s1. The zero-order valence-electron chi connectivity index (χ0n) is 12.4. The Morgan fingerprint density at radius 1 is 1.25 bits per heavy atom. The summed E-state index contributed by atoms with van der Waals surface area (Å²) in [5, 5.41) is 9.66. The van der Waals surface area contributed by atoms with E-state index < -0.39 is 11.0 Å². The Bertz CT molecular complexity index is 503. The maximum absolute atomic E-state index is 11.9. The summed E-state index contributed by atoms with van der Waals surface area (Å²) in [6.45, 7) is 5.64. The molecule has 0 aromatic rings. The lowest BCUT2D eigenvalue weighted by Gasteiger charge is -2.34. The van der Waals surface area contributed by atoms with Gasteiger partial charge in [-0.25, -0.2) is 0 Å². The molecular formula is C16H22O4. The molecule has 2 rings (SSSR count). The van der Waals surface area contributed by atoms with Crippen molar-refractivity contribution in [1.82, 2.24) is 0 Å². The van der Waals surface area contributed by atoms with Crippen LogP contribution in [0, 0.1) is 5.41 Å². The number of rotatable bonds is 3. The Kier molecular flexibility index (Phi) is 3.87. The fraction of sp³-hybridized carbons (Fsp3) is 0.625. The third kappa shape index (κ3) is 2.70. The summed E-state index contributed by atoms with van der Waals surface area (Å²) in [4.78, 5) is 23.1. The average molecular weight is 278 g/mol. The molecule has 4 heteroatoms. The Labute approximate surface area is 119 Å². The van der Waals surface area contributed by atoms with Crippen molar-refractivity contribution >= 4 is 11.8 Å². The van der Waals surface area contributed by atoms with Crippen LogP contribution >= 0.6 is 0 Å². The van der Waals surface area contributed by atoms with Gasteiger partial charge in [0.15, 0.2) is 5.78 Å². The number of aliphatic hydroxyl groups is 1. The number of hydrogen-bond acceptors (Lipinski definition) is 4. The van der Waals surface area contributed by atoms with Gasteiger partial charge in [-0.3, -0.25) is 9.59 Å². The van der Waals surface area contributed by atoms with Crippen LogP contribution in [0.25, 0.3) is 0 Å². The van der Waals surface area contributed by atoms with E-state index in [1.54, 1.807) is 6.92 Å². The predicted octanol–water partition coefficient (Wildman–Crippen LogP) is 2.32. The molecule has 0 aromatic heterocycles. The number of carbonyl (C=O) groups excluding carboxylic acids is 2. The van der Waals surface area contributed by atoms with Crippen molar-refractivity contribution in [2.75, 3.05) is 6.61 Å². The molecule has 2 aliphatic rings. The second-order valence-electron chi connectivity index (χ2n) is 6.30. The highest BCUT2D eigenvalue weighted by molar-refractivity contribution is 5.97. The molecule has 2 atom stereocenters. The van der Waals surface area contributed by atoms with Crippen LogP contribution in [-0.4, -0.2) is 29.1 Å². The highest BCUT2D eigenvalue weighted by atomic mass is 16.6. The topological polar surface area (TPSA) is 63.6 Å². The van der Waals surface area contributed by atoms with E-state index in [9.17, 15) is 14.7 Å². The molecule has 1 aliphatic carbocycles. The van der Waals surface area contributed by atoms with Gasteiger partial charge < -0.3 is 9.84 Å². The fourth-order valence-corrected chi connectivity index (χ4v) is 2.89. The fourth-order valence-electron chi connectivity index (χ4n) is 2.89. The van der Waals surface area contributed by atoms with Gasteiger partial charge in [0.1, 0.15) is 5.60 Å². The van der Waals surface area contributed by atoms with E-state index in [0.29, 0.717) is 31.3 Å². The molecule has 1 saturated heterocycles. The lowest BCUT2D eigenvalue weighted by molar-refractivity contribution is -0.144. The second kappa shape index (κ2) is 5.17. The summed E-state index contributed by atoms with van der Waals surface area (Å²) in [5.74, 6) is -0.0587. The van der Waals surface area contributed by atoms with Crippen LogP contribution in [0.5, 0.6) is 0 Å². The Morgan fingerprint density at radius 3 is 2.50 bits per heavy atom. The Hall–Kier alpha value is -1.42. The summed E-state index contributed by atoms with van der Waals surface area (Å²) in [6, 6.07) is 0. The van der Waals surface area contributed by atoms with E-state index >= 15 is 0 Å². The molecule has 4 nitrogen and oxygen atoms in total. The molecule has 20 heavy (non-hydrogen) atoms. The summed E-state index contributed by atoms with van der Waals surface area (Å²) in [7, 11) is 0. The first-order valence-corrected chi connectivity index (χ1v) is 7.06. The molecule has 1 fully saturated rings. The summed E-state index contributed by atoms with van der Waals surface area (Å²) < 4.78 is 5.31. The van der Waals surface area contributed by atoms with E-state index in [-0.39, 0.29) is 18.4 Å². The maximum atomic E-state index is 11.9. The second-order valence-corrected chi connectivity index (χ2v) is 6.30. The lowest BCUT2D eigenvalue weighted by Crippen LogP contribution is -2.31. The first-order chi connectivity index (χ1) is 9.30. The van der Waals surface area contributed by atoms with Crippen molar-refractivity contribution in [3.63, 3.8) is 0 Å². The molecule has 1 aliphatic heterocycles. The number of cyclic esters (lactones) is 1. The highest BCUT2D eigenvalue weighted by Gasteiger charge is 2.37. The number of carbonyl (C=O) groups is 2. The zero-order chi connectivity index (χ0) is 15.0. The van der Waals surface area contributed by atoms with Gasteiger partial charge in [-0.1, -0.05) is 13.0 Å². The molecule has 1 heterocycles. The third-order valence-corrected chi connectivity index (χ3v) is 4.50. The molecular weight excluding hydrogens is 256 g/mol. The minimum Gasteiger partial charge on any atom is -0.455 e. The monoisotopic (exact) mass is 278 g/mol. The number of aliphatic hydroxyl groups excluding tert-OH is 1. The number of allylic oxidation sites excluding steroid dienone is 2. The highest BCUT2D eigenvalue weighted by Crippen LogP contribution is 2.40. The number of ether oxygens (including phenoxy) is 1. The first-order valence-electron chi connectivity index (χ1n) is 7.06. The van der Waals surface area contributed by atoms with E-state index in [2.05, 4.69) is 0 Å². The van der Waals surface area contributed by atoms with Crippen LogP contribution in [0.15, 0.2) is 23.3 Å². The van der Waals surface area contributed by atoms with Crippen molar-refractivity contribution in [3.05, 3.63) is 23.3 Å². The minimum atomic E-state index is -0.596. The number of ketones is 1. The van der Waals surface area contributed by atoms with Gasteiger partial charge in [-0.2, -0.15) is 0 Å². The maximum Gasteiger partial charge on any atom is 0.306 e. The summed E-state index contributed by atoms with van der Waals surface area (Å²) in [5.41, 5.74) is 0.576. The number of Topliss-reactive ketones (excluding diaryl/α,β-unsaturated/α-hetero) is 1. The van der Waals surface area contributed by atoms with Gasteiger partial charge in [0.05, 0.1) is 6.61 Å². The van der Waals surface area contributed by atoms with E-state index in [1.165, 1.54) is 0 Å². The van der Waals surface area contributed by atoms with Crippen LogP contribution in [0.1, 0.15) is 46.5 Å². The molecule has 0 aromatic carbocycles. The van der Waals surface area contributed by atoms with Crippen molar-refractivity contribution < 1.29 is 19.4 Å². The Morgan fingerprint density at radius 2 is 1.95 bits per heavy atom. The zero-order valence-corrected chi connectivity index (χ0v) is 12.4. The van der Waals surface area contributed by atoms with E-state index in [0.717, 1.165) is 5.57 Å². The first kappa shape index (κ1) is 15.0. The smallest absolute Gasteiger partial charge is 0.306 e. The summed E-state index contributed by atoms with van der Waals surface area (Å²) in [6.07, 6.45) is 5.92. The van der Waals surface area contributed by atoms with Crippen LogP contribution in [0.2, 0.25) is 0 Å². The van der Waals surface area contributed by atoms with Gasteiger partial charge >= 0.3 is 5.97 Å². The quantitative estimate of drug-likeness (QED) is 0.805. The largest absolute Gasteiger partial charge is 0.455 e. The van der Waals surface area contributed by atoms with Crippen molar-refractivity contribution in [2.45, 2.75) is 52.1 Å². The van der Waals surface area contributed by atoms with Crippen LogP contribution < -0.4 is 0 Å². The Balaban J connectivity index is 2.31. The van der Waals surface area contributed by atoms with Crippen LogP contribution in [0.4, 0.5) is 0 Å². The molecule has 0 spiro atoms. The van der Waals surface area contributed by atoms with Crippen molar-refractivity contribution in [2.24, 2.45) is 5.41 Å². The van der Waals surface area contributed by atoms with Gasteiger partial charge in [0, 0.05) is 24.7 Å². The number of hydrogen-bond donors (Lipinski definition) is 1. The van der Waals surface area contributed by atoms with Crippen LogP contribution in [-0.2, 0) is 14.3 Å². The summed E-state index contributed by atoms with van der Waals surface area (Å²) >= 11 is 0. The van der Waals surface area contributed by atoms with Gasteiger partial charge in [-0.15, -0.1) is 0 Å². The van der Waals surface area contributed by atoms with Gasteiger partial charge in [0.2, 0.25) is 0 Å². The third-order valence-electron chi connectivity index (χ3n) is 4.50. The SMILES string of the molecule is CC1=C(/C=C/[C@@]2(C)CCC(=O)O2)[C@](C)(CO)CCC1=O. The minimum absolute atomic E-state index is 0.00773. The molecule has 110 valence electrons. The van der Waals surface area contributed by atoms with E-state index in [1.807, 2.05) is 26.0 Å². The average Bonchev–Trinajstić information content (AvgIpc) is 2.74. The lowest BCUT2D eigenvalue weighted by atomic mass is 9.71. The van der Waals surface area contributed by atoms with Gasteiger partial charge in [-0.05, 0) is 37.5 Å². The molecule has 0 bridgehead atoms. The number of esters is 1. The molecule has 0 radical (unpaired) electrons. The predicted molar refractivity (Wildman–Crippen MR) is 75.0 cm³/mol. The van der Waals surface area contributed by atoms with E-state index in [4.69, 9.17) is 4.74 Å². The molecule has 1 N–H and O–H groups in total. The normalized spacial score (nSPS) is 35.0. The van der Waals surface area contributed by atoms with Gasteiger partial charge in [0.25, 0.3) is 0 Å².